The minimum absolute atomic E-state index is 0.272. The number of hydrogen-bond donors (Lipinski definition) is 1. The summed E-state index contributed by atoms with van der Waals surface area (Å²) in [4.78, 5) is 10.9. The van der Waals surface area contributed by atoms with Crippen molar-refractivity contribution in [3.8, 4) is 0 Å². The molecule has 5 nitrogen and oxygen atoms in total. The summed E-state index contributed by atoms with van der Waals surface area (Å²) in [6.07, 6.45) is 6.60. The van der Waals surface area contributed by atoms with Gasteiger partial charge in [0, 0.05) is 0 Å². The van der Waals surface area contributed by atoms with Crippen molar-refractivity contribution in [1.29, 1.82) is 0 Å². The number of esters is 1. The standard InChI is InChI=1S/C11H14F2O5S/c12-11(13,19(15,16)17)10(14)18-4-3-9-6-7-1-2-8(9)5-7/h1-2,7-9H,3-6H2,(H,15,16,17). The Morgan fingerprint density at radius 1 is 1.37 bits per heavy atom. The number of alkyl halides is 2. The number of allylic oxidation sites excluding steroid dienone is 2. The summed E-state index contributed by atoms with van der Waals surface area (Å²) in [6.45, 7) is -0.272. The molecule has 1 fully saturated rings. The third-order valence-corrected chi connectivity index (χ3v) is 4.51. The van der Waals surface area contributed by atoms with E-state index in [1.807, 2.05) is 0 Å². The van der Waals surface area contributed by atoms with Gasteiger partial charge in [-0.15, -0.1) is 0 Å². The van der Waals surface area contributed by atoms with Gasteiger partial charge in [0.25, 0.3) is 0 Å². The van der Waals surface area contributed by atoms with Crippen LogP contribution in [0.5, 0.6) is 0 Å². The smallest absolute Gasteiger partial charge is 0.460 e. The van der Waals surface area contributed by atoms with Crippen molar-refractivity contribution in [2.24, 2.45) is 17.8 Å². The van der Waals surface area contributed by atoms with E-state index >= 15 is 0 Å². The predicted molar refractivity (Wildman–Crippen MR) is 60.9 cm³/mol. The molecule has 3 atom stereocenters. The molecule has 1 saturated carbocycles. The molecule has 0 aromatic heterocycles. The van der Waals surface area contributed by atoms with Crippen LogP contribution in [-0.2, 0) is 19.6 Å². The minimum atomic E-state index is -5.78. The third kappa shape index (κ3) is 2.79. The molecule has 0 radical (unpaired) electrons. The van der Waals surface area contributed by atoms with Gasteiger partial charge >= 0.3 is 21.3 Å². The summed E-state index contributed by atoms with van der Waals surface area (Å²) in [7, 11) is -5.78. The maximum atomic E-state index is 12.9. The van der Waals surface area contributed by atoms with Gasteiger partial charge in [0.15, 0.2) is 0 Å². The first kappa shape index (κ1) is 14.4. The van der Waals surface area contributed by atoms with Crippen LogP contribution in [0.3, 0.4) is 0 Å². The second kappa shape index (κ2) is 4.82. The van der Waals surface area contributed by atoms with Crippen molar-refractivity contribution in [3.63, 3.8) is 0 Å². The first-order valence-electron chi connectivity index (χ1n) is 5.92. The van der Waals surface area contributed by atoms with E-state index in [2.05, 4.69) is 16.9 Å². The lowest BCUT2D eigenvalue weighted by molar-refractivity contribution is -0.161. The molecule has 3 unspecified atom stereocenters. The second-order valence-electron chi connectivity index (χ2n) is 4.96. The maximum absolute atomic E-state index is 12.9. The van der Waals surface area contributed by atoms with Gasteiger partial charge in [0.05, 0.1) is 6.61 Å². The Kier molecular flexibility index (Phi) is 3.65. The number of rotatable bonds is 5. The minimum Gasteiger partial charge on any atom is -0.460 e. The number of carbonyl (C=O) groups is 1. The number of ether oxygens (including phenoxy) is 1. The van der Waals surface area contributed by atoms with E-state index in [4.69, 9.17) is 4.55 Å². The van der Waals surface area contributed by atoms with Crippen molar-refractivity contribution in [3.05, 3.63) is 12.2 Å². The van der Waals surface area contributed by atoms with E-state index in [-0.39, 0.29) is 12.5 Å². The molecule has 2 rings (SSSR count). The molecular formula is C11H14F2O5S. The van der Waals surface area contributed by atoms with Gasteiger partial charge in [-0.3, -0.25) is 4.55 Å². The lowest BCUT2D eigenvalue weighted by Crippen LogP contribution is -2.39. The highest BCUT2D eigenvalue weighted by atomic mass is 32.2. The molecule has 2 aliphatic carbocycles. The van der Waals surface area contributed by atoms with Crippen LogP contribution in [0.2, 0.25) is 0 Å². The van der Waals surface area contributed by atoms with Crippen LogP contribution in [0.4, 0.5) is 8.78 Å². The highest BCUT2D eigenvalue weighted by Gasteiger charge is 2.54. The van der Waals surface area contributed by atoms with E-state index in [1.165, 1.54) is 0 Å². The number of hydrogen-bond acceptors (Lipinski definition) is 4. The van der Waals surface area contributed by atoms with Gasteiger partial charge in [0.1, 0.15) is 0 Å². The summed E-state index contributed by atoms with van der Waals surface area (Å²) in [5, 5.41) is -4.90. The molecule has 19 heavy (non-hydrogen) atoms. The van der Waals surface area contributed by atoms with Crippen LogP contribution in [-0.4, -0.2) is 30.8 Å². The van der Waals surface area contributed by atoms with Crippen molar-refractivity contribution in [2.75, 3.05) is 6.61 Å². The van der Waals surface area contributed by atoms with Gasteiger partial charge in [-0.1, -0.05) is 12.2 Å². The topological polar surface area (TPSA) is 80.7 Å². The van der Waals surface area contributed by atoms with E-state index in [0.717, 1.165) is 12.8 Å². The van der Waals surface area contributed by atoms with Crippen molar-refractivity contribution in [1.82, 2.24) is 0 Å². The Morgan fingerprint density at radius 2 is 2.05 bits per heavy atom. The highest BCUT2D eigenvalue weighted by Crippen LogP contribution is 2.44. The summed E-state index contributed by atoms with van der Waals surface area (Å²) in [6, 6.07) is 0. The van der Waals surface area contributed by atoms with Gasteiger partial charge in [0.2, 0.25) is 0 Å². The fourth-order valence-corrected chi connectivity index (χ4v) is 2.99. The molecule has 0 spiro atoms. The number of halogens is 2. The lowest BCUT2D eigenvalue weighted by Gasteiger charge is -2.18. The quantitative estimate of drug-likeness (QED) is 0.473. The molecule has 0 heterocycles. The molecule has 0 aromatic rings. The predicted octanol–water partition coefficient (Wildman–Crippen LogP) is 1.61. The molecule has 0 amide bonds. The Labute approximate surface area is 109 Å². The molecule has 0 saturated heterocycles. The first-order chi connectivity index (χ1) is 8.72. The van der Waals surface area contributed by atoms with E-state index in [0.29, 0.717) is 18.3 Å². The fourth-order valence-electron chi connectivity index (χ4n) is 2.72. The van der Waals surface area contributed by atoms with E-state index in [1.54, 1.807) is 0 Å². The van der Waals surface area contributed by atoms with Crippen LogP contribution in [0.1, 0.15) is 19.3 Å². The molecule has 1 N–H and O–H groups in total. The zero-order valence-corrected chi connectivity index (χ0v) is 10.8. The fraction of sp³-hybridized carbons (Fsp3) is 0.727. The summed E-state index contributed by atoms with van der Waals surface area (Å²) >= 11 is 0. The van der Waals surface area contributed by atoms with Crippen LogP contribution in [0.15, 0.2) is 12.2 Å². The van der Waals surface area contributed by atoms with Crippen molar-refractivity contribution >= 4 is 16.1 Å². The number of fused-ring (bicyclic) bond motifs is 2. The van der Waals surface area contributed by atoms with Gasteiger partial charge in [-0.05, 0) is 37.0 Å². The third-order valence-electron chi connectivity index (χ3n) is 3.70. The average molecular weight is 296 g/mol. The zero-order valence-electron chi connectivity index (χ0n) is 9.96. The molecule has 108 valence electrons. The Hall–Kier alpha value is -1.02. The van der Waals surface area contributed by atoms with Crippen LogP contribution in [0, 0.1) is 17.8 Å². The Balaban J connectivity index is 1.80. The maximum Gasteiger partial charge on any atom is 0.465 e. The lowest BCUT2D eigenvalue weighted by atomic mass is 9.91. The van der Waals surface area contributed by atoms with E-state index < -0.39 is 21.3 Å². The van der Waals surface area contributed by atoms with Crippen molar-refractivity contribution in [2.45, 2.75) is 24.5 Å². The molecule has 2 bridgehead atoms. The van der Waals surface area contributed by atoms with Gasteiger partial charge in [-0.25, -0.2) is 4.79 Å². The molecule has 0 aliphatic heterocycles. The van der Waals surface area contributed by atoms with E-state index in [9.17, 15) is 22.0 Å². The van der Waals surface area contributed by atoms with Gasteiger partial charge in [-0.2, -0.15) is 17.2 Å². The largest absolute Gasteiger partial charge is 0.465 e. The first-order valence-corrected chi connectivity index (χ1v) is 7.36. The second-order valence-corrected chi connectivity index (χ2v) is 6.42. The monoisotopic (exact) mass is 296 g/mol. The summed E-state index contributed by atoms with van der Waals surface area (Å²) < 4.78 is 58.8. The van der Waals surface area contributed by atoms with Crippen LogP contribution < -0.4 is 0 Å². The normalized spacial score (nSPS) is 29.7. The SMILES string of the molecule is O=C(OCCC1CC2C=CC1C2)C(F)(F)S(=O)(=O)O. The van der Waals surface area contributed by atoms with Gasteiger partial charge < -0.3 is 4.74 Å². The molecule has 2 aliphatic rings. The highest BCUT2D eigenvalue weighted by molar-refractivity contribution is 7.87. The zero-order chi connectivity index (χ0) is 14.3. The summed E-state index contributed by atoms with van der Waals surface area (Å²) in [5.41, 5.74) is 0. The number of carbonyl (C=O) groups excluding carboxylic acids is 1. The Bertz CT molecular complexity index is 499. The van der Waals surface area contributed by atoms with Crippen molar-refractivity contribution < 1.29 is 31.3 Å². The Morgan fingerprint density at radius 3 is 2.53 bits per heavy atom. The molecule has 8 heteroatoms. The molecule has 0 aromatic carbocycles. The molecular weight excluding hydrogens is 282 g/mol. The van der Waals surface area contributed by atoms with Crippen LogP contribution in [0.25, 0.3) is 0 Å². The van der Waals surface area contributed by atoms with Crippen LogP contribution >= 0.6 is 0 Å². The average Bonchev–Trinajstić information content (AvgIpc) is 2.89. The summed E-state index contributed by atoms with van der Waals surface area (Å²) in [5.74, 6) is -1.04.